The lowest BCUT2D eigenvalue weighted by atomic mass is 10.1. The van der Waals surface area contributed by atoms with E-state index in [0.29, 0.717) is 12.1 Å². The molecule has 1 aliphatic rings. The lowest BCUT2D eigenvalue weighted by molar-refractivity contribution is 0.203. The molecule has 2 rings (SSSR count). The lowest BCUT2D eigenvalue weighted by Crippen LogP contribution is -2.42. The normalized spacial score (nSPS) is 24.5. The number of thiophene rings is 1. The topological polar surface area (TPSA) is 15.3 Å². The van der Waals surface area contributed by atoms with Crippen molar-refractivity contribution < 1.29 is 0 Å². The third-order valence-corrected chi connectivity index (χ3v) is 4.60. The fourth-order valence-corrected chi connectivity index (χ4v) is 3.38. The van der Waals surface area contributed by atoms with Crippen molar-refractivity contribution in [2.24, 2.45) is 0 Å². The van der Waals surface area contributed by atoms with Gasteiger partial charge < -0.3 is 5.32 Å². The molecule has 17 heavy (non-hydrogen) atoms. The van der Waals surface area contributed by atoms with Crippen LogP contribution in [-0.4, -0.2) is 36.6 Å². The van der Waals surface area contributed by atoms with E-state index in [1.54, 1.807) is 0 Å². The summed E-state index contributed by atoms with van der Waals surface area (Å²) >= 11 is 1.88. The zero-order valence-corrected chi connectivity index (χ0v) is 11.8. The molecule has 1 fully saturated rings. The van der Waals surface area contributed by atoms with E-state index in [0.717, 1.165) is 0 Å². The van der Waals surface area contributed by atoms with Crippen LogP contribution in [0.4, 0.5) is 0 Å². The quantitative estimate of drug-likeness (QED) is 0.886. The van der Waals surface area contributed by atoms with Crippen LogP contribution < -0.4 is 5.32 Å². The zero-order chi connectivity index (χ0) is 12.1. The van der Waals surface area contributed by atoms with E-state index in [4.69, 9.17) is 0 Å². The van der Waals surface area contributed by atoms with E-state index in [9.17, 15) is 0 Å². The van der Waals surface area contributed by atoms with Crippen molar-refractivity contribution in [1.82, 2.24) is 10.2 Å². The Balaban J connectivity index is 1.90. The summed E-state index contributed by atoms with van der Waals surface area (Å²) in [6.07, 6.45) is 3.72. The van der Waals surface area contributed by atoms with Gasteiger partial charge in [0.15, 0.2) is 0 Å². The summed E-state index contributed by atoms with van der Waals surface area (Å²) in [4.78, 5) is 4.18. The molecule has 1 aliphatic heterocycles. The Morgan fingerprint density at radius 2 is 2.47 bits per heavy atom. The number of nitrogens with one attached hydrogen (secondary N) is 1. The van der Waals surface area contributed by atoms with Crippen LogP contribution in [0.2, 0.25) is 0 Å². The van der Waals surface area contributed by atoms with E-state index in [-0.39, 0.29) is 0 Å². The molecule has 0 aromatic carbocycles. The van der Waals surface area contributed by atoms with E-state index < -0.39 is 0 Å². The van der Waals surface area contributed by atoms with Gasteiger partial charge >= 0.3 is 0 Å². The highest BCUT2D eigenvalue weighted by atomic mass is 32.1. The summed E-state index contributed by atoms with van der Waals surface area (Å²) in [7, 11) is 0. The second kappa shape index (κ2) is 6.53. The van der Waals surface area contributed by atoms with Gasteiger partial charge in [-0.25, -0.2) is 0 Å². The van der Waals surface area contributed by atoms with Gasteiger partial charge in [-0.3, -0.25) is 4.90 Å². The molecule has 0 spiro atoms. The highest BCUT2D eigenvalue weighted by Crippen LogP contribution is 2.16. The minimum absolute atomic E-state index is 0.669. The first-order chi connectivity index (χ1) is 8.29. The largest absolute Gasteiger partial charge is 0.313 e. The van der Waals surface area contributed by atoms with Gasteiger partial charge in [0.2, 0.25) is 0 Å². The average Bonchev–Trinajstić information content (AvgIpc) is 2.71. The molecule has 0 radical (unpaired) electrons. The van der Waals surface area contributed by atoms with Crippen molar-refractivity contribution in [2.75, 3.05) is 19.6 Å². The van der Waals surface area contributed by atoms with Crippen LogP contribution in [0.5, 0.6) is 0 Å². The summed E-state index contributed by atoms with van der Waals surface area (Å²) in [6.45, 7) is 8.29. The standard InChI is InChI=1S/C14H24N2S/c1-3-13-11-16(8-5-7-15-13)12(2)10-14-6-4-9-17-14/h4,6,9,12-13,15H,3,5,7-8,10-11H2,1-2H3. The highest BCUT2D eigenvalue weighted by Gasteiger charge is 2.20. The maximum absolute atomic E-state index is 3.64. The third kappa shape index (κ3) is 3.80. The smallest absolute Gasteiger partial charge is 0.0192 e. The molecule has 2 atom stereocenters. The molecule has 2 heterocycles. The third-order valence-electron chi connectivity index (χ3n) is 3.70. The molecule has 3 heteroatoms. The van der Waals surface area contributed by atoms with Crippen LogP contribution in [0.3, 0.4) is 0 Å². The molecule has 2 nitrogen and oxygen atoms in total. The first-order valence-corrected chi connectivity index (χ1v) is 7.67. The van der Waals surface area contributed by atoms with Gasteiger partial charge in [-0.2, -0.15) is 0 Å². The van der Waals surface area contributed by atoms with Crippen LogP contribution in [0.15, 0.2) is 17.5 Å². The summed E-state index contributed by atoms with van der Waals surface area (Å²) in [6, 6.07) is 5.77. The van der Waals surface area contributed by atoms with Crippen LogP contribution in [0.25, 0.3) is 0 Å². The minimum atomic E-state index is 0.669. The summed E-state index contributed by atoms with van der Waals surface area (Å²) < 4.78 is 0. The molecule has 1 N–H and O–H groups in total. The van der Waals surface area contributed by atoms with Crippen LogP contribution >= 0.6 is 11.3 Å². The van der Waals surface area contributed by atoms with Crippen molar-refractivity contribution in [1.29, 1.82) is 0 Å². The second-order valence-corrected chi connectivity index (χ2v) is 6.07. The molecule has 0 aliphatic carbocycles. The molecule has 2 unspecified atom stereocenters. The van der Waals surface area contributed by atoms with E-state index in [1.165, 1.54) is 43.8 Å². The Morgan fingerprint density at radius 1 is 1.59 bits per heavy atom. The molecular weight excluding hydrogens is 228 g/mol. The molecule has 0 amide bonds. The van der Waals surface area contributed by atoms with Crippen LogP contribution in [0, 0.1) is 0 Å². The van der Waals surface area contributed by atoms with Gasteiger partial charge in [0.25, 0.3) is 0 Å². The fraction of sp³-hybridized carbons (Fsp3) is 0.714. The SMILES string of the molecule is CCC1CN(C(C)Cc2cccs2)CCCN1. The molecule has 0 bridgehead atoms. The van der Waals surface area contributed by atoms with Crippen molar-refractivity contribution in [3.8, 4) is 0 Å². The predicted octanol–water partition coefficient (Wildman–Crippen LogP) is 2.75. The first-order valence-electron chi connectivity index (χ1n) is 6.79. The first kappa shape index (κ1) is 13.1. The minimum Gasteiger partial charge on any atom is -0.313 e. The number of nitrogens with zero attached hydrogens (tertiary/aromatic N) is 1. The molecule has 1 aromatic rings. The maximum atomic E-state index is 3.64. The van der Waals surface area contributed by atoms with Gasteiger partial charge in [-0.1, -0.05) is 13.0 Å². The molecule has 1 aromatic heterocycles. The number of hydrogen-bond donors (Lipinski definition) is 1. The van der Waals surface area contributed by atoms with Gasteiger partial charge in [-0.15, -0.1) is 11.3 Å². The van der Waals surface area contributed by atoms with Crippen molar-refractivity contribution in [3.05, 3.63) is 22.4 Å². The van der Waals surface area contributed by atoms with E-state index in [1.807, 2.05) is 11.3 Å². The molecule has 96 valence electrons. The van der Waals surface area contributed by atoms with Gasteiger partial charge in [0.1, 0.15) is 0 Å². The Bertz CT molecular complexity index is 310. The van der Waals surface area contributed by atoms with Crippen molar-refractivity contribution in [3.63, 3.8) is 0 Å². The zero-order valence-electron chi connectivity index (χ0n) is 11.0. The van der Waals surface area contributed by atoms with Crippen molar-refractivity contribution in [2.45, 2.75) is 45.2 Å². The van der Waals surface area contributed by atoms with Gasteiger partial charge in [0, 0.05) is 23.5 Å². The molecule has 1 saturated heterocycles. The maximum Gasteiger partial charge on any atom is 0.0192 e. The van der Waals surface area contributed by atoms with Gasteiger partial charge in [0.05, 0.1) is 0 Å². The van der Waals surface area contributed by atoms with Gasteiger partial charge in [-0.05, 0) is 50.7 Å². The Morgan fingerprint density at radius 3 is 3.18 bits per heavy atom. The average molecular weight is 252 g/mol. The summed E-state index contributed by atoms with van der Waals surface area (Å²) in [5.41, 5.74) is 0. The van der Waals surface area contributed by atoms with Crippen LogP contribution in [-0.2, 0) is 6.42 Å². The summed E-state index contributed by atoms with van der Waals surface area (Å²) in [5.74, 6) is 0. The summed E-state index contributed by atoms with van der Waals surface area (Å²) in [5, 5.41) is 5.82. The van der Waals surface area contributed by atoms with E-state index >= 15 is 0 Å². The predicted molar refractivity (Wildman–Crippen MR) is 75.8 cm³/mol. The Kier molecular flexibility index (Phi) is 5.01. The Hall–Kier alpha value is -0.380. The highest BCUT2D eigenvalue weighted by molar-refractivity contribution is 7.09. The fourth-order valence-electron chi connectivity index (χ4n) is 2.55. The second-order valence-electron chi connectivity index (χ2n) is 5.04. The molecular formula is C14H24N2S. The molecule has 0 saturated carbocycles. The van der Waals surface area contributed by atoms with Crippen molar-refractivity contribution >= 4 is 11.3 Å². The lowest BCUT2D eigenvalue weighted by Gasteiger charge is -2.29. The monoisotopic (exact) mass is 252 g/mol. The van der Waals surface area contributed by atoms with Crippen LogP contribution in [0.1, 0.15) is 31.6 Å². The number of rotatable bonds is 4. The Labute approximate surface area is 109 Å². The number of hydrogen-bond acceptors (Lipinski definition) is 3. The van der Waals surface area contributed by atoms with E-state index in [2.05, 4.69) is 41.6 Å².